The smallest absolute Gasteiger partial charge is 0.240 e. The lowest BCUT2D eigenvalue weighted by atomic mass is 10.3. The molecule has 3 N–H and O–H groups in total. The van der Waals surface area contributed by atoms with E-state index in [9.17, 15) is 13.2 Å². The highest BCUT2D eigenvalue weighted by atomic mass is 32.2. The molecule has 0 radical (unpaired) electrons. The number of benzene rings is 1. The molecule has 1 aromatic rings. The van der Waals surface area contributed by atoms with Crippen LogP contribution in [0.25, 0.3) is 0 Å². The van der Waals surface area contributed by atoms with Crippen LogP contribution in [0.1, 0.15) is 19.8 Å². The molecule has 0 aromatic heterocycles. The molecule has 0 spiro atoms. The van der Waals surface area contributed by atoms with Crippen molar-refractivity contribution in [2.75, 3.05) is 25.5 Å². The van der Waals surface area contributed by atoms with Crippen molar-refractivity contribution in [3.8, 4) is 0 Å². The van der Waals surface area contributed by atoms with E-state index >= 15 is 0 Å². The van der Waals surface area contributed by atoms with Gasteiger partial charge in [-0.25, -0.2) is 13.1 Å². The van der Waals surface area contributed by atoms with Crippen LogP contribution in [0.4, 0.5) is 5.69 Å². The summed E-state index contributed by atoms with van der Waals surface area (Å²) in [6, 6.07) is 6.45. The van der Waals surface area contributed by atoms with Crippen LogP contribution in [0.2, 0.25) is 0 Å². The number of hydrogen-bond acceptors (Lipinski definition) is 4. The van der Waals surface area contributed by atoms with Crippen LogP contribution in [0, 0.1) is 0 Å². The molecule has 0 aliphatic carbocycles. The molecule has 7 heteroatoms. The molecule has 6 nitrogen and oxygen atoms in total. The Labute approximate surface area is 120 Å². The van der Waals surface area contributed by atoms with Gasteiger partial charge in [0.05, 0.1) is 4.90 Å². The molecule has 1 aromatic carbocycles. The fourth-order valence-corrected chi connectivity index (χ4v) is 2.65. The minimum atomic E-state index is -3.42. The molecule has 0 unspecified atom stereocenters. The summed E-state index contributed by atoms with van der Waals surface area (Å²) in [5, 5.41) is 5.59. The van der Waals surface area contributed by atoms with Crippen LogP contribution in [-0.4, -0.2) is 34.5 Å². The number of hydrogen-bond donors (Lipinski definition) is 3. The minimum Gasteiger partial charge on any atom is -0.385 e. The van der Waals surface area contributed by atoms with Gasteiger partial charge in [-0.1, -0.05) is 6.92 Å². The third-order valence-electron chi connectivity index (χ3n) is 2.67. The third kappa shape index (κ3) is 5.18. The number of carbonyl (C=O) groups is 1. The second-order valence-corrected chi connectivity index (χ2v) is 6.04. The van der Waals surface area contributed by atoms with E-state index in [1.807, 2.05) is 6.92 Å². The van der Waals surface area contributed by atoms with Gasteiger partial charge in [0.2, 0.25) is 15.9 Å². The number of rotatable bonds is 8. The molecule has 0 heterocycles. The van der Waals surface area contributed by atoms with Gasteiger partial charge in [0.1, 0.15) is 0 Å². The van der Waals surface area contributed by atoms with Gasteiger partial charge in [0.25, 0.3) is 0 Å². The maximum atomic E-state index is 11.9. The van der Waals surface area contributed by atoms with Gasteiger partial charge < -0.3 is 10.6 Å². The topological polar surface area (TPSA) is 87.3 Å². The number of carbonyl (C=O) groups excluding carboxylic acids is 1. The molecular formula is C13H21N3O3S. The molecule has 1 amide bonds. The van der Waals surface area contributed by atoms with E-state index in [2.05, 4.69) is 15.4 Å². The van der Waals surface area contributed by atoms with E-state index in [1.54, 1.807) is 31.3 Å². The van der Waals surface area contributed by atoms with E-state index in [-0.39, 0.29) is 10.8 Å². The Morgan fingerprint density at radius 3 is 2.35 bits per heavy atom. The fourth-order valence-electron chi connectivity index (χ4n) is 1.52. The predicted octanol–water partition coefficient (Wildman–Crippen LogP) is 0.923. The van der Waals surface area contributed by atoms with Gasteiger partial charge in [-0.15, -0.1) is 0 Å². The minimum absolute atomic E-state index is 0.0412. The van der Waals surface area contributed by atoms with Crippen molar-refractivity contribution in [3.05, 3.63) is 24.3 Å². The summed E-state index contributed by atoms with van der Waals surface area (Å²) in [5.41, 5.74) is 0.781. The first-order valence-electron chi connectivity index (χ1n) is 6.53. The second kappa shape index (κ2) is 7.86. The Morgan fingerprint density at radius 1 is 1.15 bits per heavy atom. The van der Waals surface area contributed by atoms with Crippen LogP contribution in [-0.2, 0) is 14.8 Å². The van der Waals surface area contributed by atoms with Gasteiger partial charge in [-0.05, 0) is 30.7 Å². The summed E-state index contributed by atoms with van der Waals surface area (Å²) in [7, 11) is -1.83. The number of nitrogens with one attached hydrogen (secondary N) is 3. The van der Waals surface area contributed by atoms with Crippen molar-refractivity contribution >= 4 is 21.6 Å². The Hall–Kier alpha value is -1.60. The van der Waals surface area contributed by atoms with Gasteiger partial charge in [0, 0.05) is 32.2 Å². The summed E-state index contributed by atoms with van der Waals surface area (Å²) in [6.45, 7) is 2.83. The molecule has 0 saturated carbocycles. The summed E-state index contributed by atoms with van der Waals surface area (Å²) in [6.07, 6.45) is 1.12. The first-order chi connectivity index (χ1) is 9.49. The van der Waals surface area contributed by atoms with Crippen molar-refractivity contribution in [2.24, 2.45) is 0 Å². The maximum absolute atomic E-state index is 11.9. The average molecular weight is 299 g/mol. The van der Waals surface area contributed by atoms with Crippen molar-refractivity contribution in [1.82, 2.24) is 10.0 Å². The standard InChI is InChI=1S/C13H21N3O3S/c1-3-9-16-20(18,19)12-6-4-11(5-7-12)15-10-8-13(17)14-2/h4-7,15-16H,3,8-10H2,1-2H3,(H,14,17). The first kappa shape index (κ1) is 16.5. The average Bonchev–Trinajstić information content (AvgIpc) is 2.45. The molecular weight excluding hydrogens is 278 g/mol. The van der Waals surface area contributed by atoms with Gasteiger partial charge in [-0.3, -0.25) is 4.79 Å². The summed E-state index contributed by atoms with van der Waals surface area (Å²) in [4.78, 5) is 11.3. The van der Waals surface area contributed by atoms with E-state index in [4.69, 9.17) is 0 Å². The molecule has 0 saturated heterocycles. The fraction of sp³-hybridized carbons (Fsp3) is 0.462. The Bertz CT molecular complexity index is 526. The number of amides is 1. The van der Waals surface area contributed by atoms with E-state index < -0.39 is 10.0 Å². The van der Waals surface area contributed by atoms with Crippen LogP contribution >= 0.6 is 0 Å². The van der Waals surface area contributed by atoms with Crippen LogP contribution in [0.5, 0.6) is 0 Å². The first-order valence-corrected chi connectivity index (χ1v) is 8.02. The highest BCUT2D eigenvalue weighted by Gasteiger charge is 2.12. The number of sulfonamides is 1. The molecule has 0 bridgehead atoms. The monoisotopic (exact) mass is 299 g/mol. The van der Waals surface area contributed by atoms with Gasteiger partial charge in [0.15, 0.2) is 0 Å². The Balaban J connectivity index is 2.58. The van der Waals surface area contributed by atoms with Crippen LogP contribution < -0.4 is 15.4 Å². The van der Waals surface area contributed by atoms with Crippen molar-refractivity contribution < 1.29 is 13.2 Å². The van der Waals surface area contributed by atoms with Gasteiger partial charge in [-0.2, -0.15) is 0 Å². The summed E-state index contributed by atoms with van der Waals surface area (Å²) in [5.74, 6) is -0.0412. The lowest BCUT2D eigenvalue weighted by Crippen LogP contribution is -2.24. The predicted molar refractivity (Wildman–Crippen MR) is 79.1 cm³/mol. The summed E-state index contributed by atoms with van der Waals surface area (Å²) >= 11 is 0. The quantitative estimate of drug-likeness (QED) is 0.666. The molecule has 0 aliphatic heterocycles. The van der Waals surface area contributed by atoms with Gasteiger partial charge >= 0.3 is 0 Å². The highest BCUT2D eigenvalue weighted by Crippen LogP contribution is 2.13. The van der Waals surface area contributed by atoms with Crippen LogP contribution in [0.15, 0.2) is 29.2 Å². The molecule has 0 fully saturated rings. The maximum Gasteiger partial charge on any atom is 0.240 e. The lowest BCUT2D eigenvalue weighted by Gasteiger charge is -2.08. The zero-order valence-corrected chi connectivity index (χ0v) is 12.6. The molecule has 1 rings (SSSR count). The van der Waals surface area contributed by atoms with Crippen molar-refractivity contribution in [3.63, 3.8) is 0 Å². The van der Waals surface area contributed by atoms with E-state index in [0.29, 0.717) is 19.5 Å². The summed E-state index contributed by atoms with van der Waals surface area (Å²) < 4.78 is 26.2. The molecule has 112 valence electrons. The van der Waals surface area contributed by atoms with E-state index in [1.165, 1.54) is 0 Å². The molecule has 0 aliphatic rings. The normalized spacial score (nSPS) is 11.1. The Morgan fingerprint density at radius 2 is 1.80 bits per heavy atom. The zero-order valence-electron chi connectivity index (χ0n) is 11.8. The molecule has 20 heavy (non-hydrogen) atoms. The lowest BCUT2D eigenvalue weighted by molar-refractivity contribution is -0.120. The zero-order chi connectivity index (χ0) is 15.0. The molecule has 0 atom stereocenters. The van der Waals surface area contributed by atoms with Crippen LogP contribution in [0.3, 0.4) is 0 Å². The Kier molecular flexibility index (Phi) is 6.47. The van der Waals surface area contributed by atoms with E-state index in [0.717, 1.165) is 12.1 Å². The second-order valence-electron chi connectivity index (χ2n) is 4.27. The largest absolute Gasteiger partial charge is 0.385 e. The SMILES string of the molecule is CCCNS(=O)(=O)c1ccc(NCCC(=O)NC)cc1. The van der Waals surface area contributed by atoms with Crippen molar-refractivity contribution in [2.45, 2.75) is 24.7 Å². The van der Waals surface area contributed by atoms with Crippen molar-refractivity contribution in [1.29, 1.82) is 0 Å². The third-order valence-corrected chi connectivity index (χ3v) is 4.14. The number of anilines is 1. The highest BCUT2D eigenvalue weighted by molar-refractivity contribution is 7.89.